The molecular formula is C14H14N2O5. The molecule has 0 aliphatic carbocycles. The number of rotatable bonds is 7. The molecule has 2 aromatic rings. The fourth-order valence-electron chi connectivity index (χ4n) is 1.92. The number of H-pyrrole nitrogens is 1. The number of aromatic nitrogens is 1. The van der Waals surface area contributed by atoms with Gasteiger partial charge in [-0.15, -0.1) is 0 Å². The molecule has 2 rings (SSSR count). The third-order valence-corrected chi connectivity index (χ3v) is 2.86. The van der Waals surface area contributed by atoms with Gasteiger partial charge < -0.3 is 19.8 Å². The standard InChI is InChI=1S/C14H14N2O5/c1-20-7-14(19)16-6-13(18)11-5-15-12-3-2-9(21-8-17)4-10(11)12/h2-5,8,15H,6-7H2,1H3,(H,16,19). The second-order valence-electron chi connectivity index (χ2n) is 4.26. The smallest absolute Gasteiger partial charge is 0.298 e. The van der Waals surface area contributed by atoms with Crippen molar-refractivity contribution >= 4 is 29.1 Å². The summed E-state index contributed by atoms with van der Waals surface area (Å²) in [7, 11) is 1.40. The molecule has 0 aliphatic rings. The number of benzene rings is 1. The van der Waals surface area contributed by atoms with Crippen molar-refractivity contribution in [2.75, 3.05) is 20.3 Å². The largest absolute Gasteiger partial charge is 0.429 e. The zero-order valence-corrected chi connectivity index (χ0v) is 11.3. The fraction of sp³-hybridized carbons (Fsp3) is 0.214. The van der Waals surface area contributed by atoms with Crippen LogP contribution in [0.3, 0.4) is 0 Å². The Labute approximate surface area is 120 Å². The van der Waals surface area contributed by atoms with Crippen molar-refractivity contribution in [1.82, 2.24) is 10.3 Å². The minimum atomic E-state index is -0.365. The Balaban J connectivity index is 2.16. The molecule has 1 aromatic heterocycles. The molecule has 1 amide bonds. The van der Waals surface area contributed by atoms with Crippen LogP contribution in [-0.2, 0) is 14.3 Å². The molecule has 0 spiro atoms. The van der Waals surface area contributed by atoms with Crippen molar-refractivity contribution in [3.8, 4) is 5.75 Å². The average molecular weight is 290 g/mol. The van der Waals surface area contributed by atoms with E-state index < -0.39 is 0 Å². The first-order chi connectivity index (χ1) is 10.2. The normalized spacial score (nSPS) is 10.3. The van der Waals surface area contributed by atoms with Gasteiger partial charge in [-0.25, -0.2) is 0 Å². The Bertz CT molecular complexity index is 677. The number of fused-ring (bicyclic) bond motifs is 1. The van der Waals surface area contributed by atoms with E-state index in [1.54, 1.807) is 24.4 Å². The lowest BCUT2D eigenvalue weighted by Gasteiger charge is -2.03. The van der Waals surface area contributed by atoms with Gasteiger partial charge in [0.2, 0.25) is 5.91 Å². The highest BCUT2D eigenvalue weighted by atomic mass is 16.5. The molecule has 21 heavy (non-hydrogen) atoms. The van der Waals surface area contributed by atoms with E-state index in [9.17, 15) is 14.4 Å². The SMILES string of the molecule is COCC(=O)NCC(=O)c1c[nH]c2ccc(OC=O)cc12. The third kappa shape index (κ3) is 3.46. The van der Waals surface area contributed by atoms with Crippen molar-refractivity contribution in [1.29, 1.82) is 0 Å². The fourth-order valence-corrected chi connectivity index (χ4v) is 1.92. The second kappa shape index (κ2) is 6.67. The van der Waals surface area contributed by atoms with E-state index in [1.165, 1.54) is 7.11 Å². The lowest BCUT2D eigenvalue weighted by molar-refractivity contribution is -0.124. The van der Waals surface area contributed by atoms with E-state index in [0.717, 1.165) is 5.52 Å². The molecule has 0 aliphatic heterocycles. The van der Waals surface area contributed by atoms with Crippen LogP contribution in [0.2, 0.25) is 0 Å². The minimum Gasteiger partial charge on any atom is -0.429 e. The summed E-state index contributed by atoms with van der Waals surface area (Å²) >= 11 is 0. The van der Waals surface area contributed by atoms with Gasteiger partial charge in [-0.1, -0.05) is 0 Å². The molecule has 0 bridgehead atoms. The van der Waals surface area contributed by atoms with Crippen LogP contribution in [0, 0.1) is 0 Å². The quantitative estimate of drug-likeness (QED) is 0.576. The van der Waals surface area contributed by atoms with E-state index in [1.807, 2.05) is 0 Å². The Morgan fingerprint density at radius 2 is 2.19 bits per heavy atom. The summed E-state index contributed by atoms with van der Waals surface area (Å²) in [5, 5.41) is 3.09. The molecule has 0 saturated heterocycles. The van der Waals surface area contributed by atoms with Gasteiger partial charge in [-0.05, 0) is 18.2 Å². The number of hydrogen-bond donors (Lipinski definition) is 2. The number of nitrogens with one attached hydrogen (secondary N) is 2. The van der Waals surface area contributed by atoms with Gasteiger partial charge in [-0.2, -0.15) is 0 Å². The summed E-state index contributed by atoms with van der Waals surface area (Å²) < 4.78 is 9.42. The number of methoxy groups -OCH3 is 1. The van der Waals surface area contributed by atoms with E-state index in [2.05, 4.69) is 15.0 Å². The van der Waals surface area contributed by atoms with Crippen LogP contribution in [0.1, 0.15) is 10.4 Å². The Morgan fingerprint density at radius 1 is 1.38 bits per heavy atom. The Morgan fingerprint density at radius 3 is 2.90 bits per heavy atom. The van der Waals surface area contributed by atoms with Crippen LogP contribution >= 0.6 is 0 Å². The Hall–Kier alpha value is -2.67. The van der Waals surface area contributed by atoms with Crippen molar-refractivity contribution in [2.45, 2.75) is 0 Å². The van der Waals surface area contributed by atoms with E-state index in [0.29, 0.717) is 23.2 Å². The summed E-state index contributed by atoms with van der Waals surface area (Å²) in [6, 6.07) is 4.90. The first-order valence-corrected chi connectivity index (χ1v) is 6.16. The highest BCUT2D eigenvalue weighted by molar-refractivity contribution is 6.09. The molecule has 110 valence electrons. The third-order valence-electron chi connectivity index (χ3n) is 2.86. The van der Waals surface area contributed by atoms with Gasteiger partial charge in [0.1, 0.15) is 12.4 Å². The van der Waals surface area contributed by atoms with Crippen molar-refractivity contribution in [3.05, 3.63) is 30.0 Å². The molecule has 1 aromatic carbocycles. The van der Waals surface area contributed by atoms with Gasteiger partial charge in [0.25, 0.3) is 6.47 Å². The molecule has 0 unspecified atom stereocenters. The van der Waals surface area contributed by atoms with Crippen molar-refractivity contribution < 1.29 is 23.9 Å². The second-order valence-corrected chi connectivity index (χ2v) is 4.26. The highest BCUT2D eigenvalue weighted by Gasteiger charge is 2.13. The van der Waals surface area contributed by atoms with Gasteiger partial charge >= 0.3 is 0 Å². The van der Waals surface area contributed by atoms with Gasteiger partial charge in [0.15, 0.2) is 5.78 Å². The maximum Gasteiger partial charge on any atom is 0.298 e. The predicted molar refractivity (Wildman–Crippen MR) is 74.2 cm³/mol. The van der Waals surface area contributed by atoms with Crippen molar-refractivity contribution in [3.63, 3.8) is 0 Å². The molecule has 1 heterocycles. The number of ether oxygens (including phenoxy) is 2. The topological polar surface area (TPSA) is 97.5 Å². The summed E-state index contributed by atoms with van der Waals surface area (Å²) in [5.74, 6) is -0.279. The number of carbonyl (C=O) groups is 3. The summed E-state index contributed by atoms with van der Waals surface area (Å²) in [5.41, 5.74) is 1.15. The summed E-state index contributed by atoms with van der Waals surface area (Å²) in [6.07, 6.45) is 1.56. The number of carbonyl (C=O) groups excluding carboxylic acids is 3. The molecule has 7 heteroatoms. The van der Waals surface area contributed by atoms with Crippen LogP contribution in [0.25, 0.3) is 10.9 Å². The number of amides is 1. The summed E-state index contributed by atoms with van der Waals surface area (Å²) in [4.78, 5) is 36.7. The van der Waals surface area contributed by atoms with Gasteiger partial charge in [0, 0.05) is 29.8 Å². The first kappa shape index (κ1) is 14.7. The zero-order valence-electron chi connectivity index (χ0n) is 11.3. The highest BCUT2D eigenvalue weighted by Crippen LogP contribution is 2.23. The lowest BCUT2D eigenvalue weighted by atomic mass is 10.1. The lowest BCUT2D eigenvalue weighted by Crippen LogP contribution is -2.32. The minimum absolute atomic E-state index is 0.0987. The molecule has 0 radical (unpaired) electrons. The Kier molecular flexibility index (Phi) is 4.68. The molecular weight excluding hydrogens is 276 g/mol. The van der Waals surface area contributed by atoms with Crippen molar-refractivity contribution in [2.24, 2.45) is 0 Å². The van der Waals surface area contributed by atoms with Crippen LogP contribution in [0.15, 0.2) is 24.4 Å². The molecule has 0 saturated carbocycles. The monoisotopic (exact) mass is 290 g/mol. The zero-order chi connectivity index (χ0) is 15.2. The number of Topliss-reactive ketones (excluding diaryl/α,β-unsaturated/α-hetero) is 1. The van der Waals surface area contributed by atoms with Crippen LogP contribution in [0.4, 0.5) is 0 Å². The molecule has 0 atom stereocenters. The van der Waals surface area contributed by atoms with E-state index in [-0.39, 0.29) is 24.8 Å². The first-order valence-electron chi connectivity index (χ1n) is 6.16. The maximum absolute atomic E-state index is 12.1. The van der Waals surface area contributed by atoms with Gasteiger partial charge in [0.05, 0.1) is 6.54 Å². The van der Waals surface area contributed by atoms with Gasteiger partial charge in [-0.3, -0.25) is 14.4 Å². The molecule has 7 nitrogen and oxygen atoms in total. The number of aromatic amines is 1. The molecule has 2 N–H and O–H groups in total. The van der Waals surface area contributed by atoms with Crippen LogP contribution in [-0.4, -0.2) is 43.4 Å². The maximum atomic E-state index is 12.1. The number of ketones is 1. The van der Waals surface area contributed by atoms with Crippen LogP contribution < -0.4 is 10.1 Å². The summed E-state index contributed by atoms with van der Waals surface area (Å²) in [6.45, 7) is 0.0900. The van der Waals surface area contributed by atoms with E-state index >= 15 is 0 Å². The number of hydrogen-bond acceptors (Lipinski definition) is 5. The molecule has 0 fully saturated rings. The average Bonchev–Trinajstić information content (AvgIpc) is 2.89. The van der Waals surface area contributed by atoms with Crippen LogP contribution in [0.5, 0.6) is 5.75 Å². The predicted octanol–water partition coefficient (Wildman–Crippen LogP) is 0.648. The van der Waals surface area contributed by atoms with E-state index in [4.69, 9.17) is 4.74 Å².